The zero-order valence-corrected chi connectivity index (χ0v) is 19.1. The molecular formula is C29H29N3O. The van der Waals surface area contributed by atoms with Gasteiger partial charge in [-0.05, 0) is 65.1 Å². The van der Waals surface area contributed by atoms with Gasteiger partial charge in [0.05, 0.1) is 0 Å². The van der Waals surface area contributed by atoms with E-state index in [4.69, 9.17) is 0 Å². The number of hydrogen-bond donors (Lipinski definition) is 2. The highest BCUT2D eigenvalue weighted by Crippen LogP contribution is 2.28. The quantitative estimate of drug-likeness (QED) is 0.321. The van der Waals surface area contributed by atoms with Crippen LogP contribution in [0.3, 0.4) is 0 Å². The van der Waals surface area contributed by atoms with Crippen LogP contribution in [0, 0.1) is 0 Å². The molecule has 3 aromatic carbocycles. The van der Waals surface area contributed by atoms with Gasteiger partial charge in [0.2, 0.25) is 0 Å². The van der Waals surface area contributed by atoms with Gasteiger partial charge in [-0.2, -0.15) is 0 Å². The summed E-state index contributed by atoms with van der Waals surface area (Å²) in [6, 6.07) is 30.0. The molecule has 0 aliphatic carbocycles. The Hall–Kier alpha value is -3.92. The summed E-state index contributed by atoms with van der Waals surface area (Å²) in [6.45, 7) is 5.07. The van der Waals surface area contributed by atoms with Crippen LogP contribution in [-0.4, -0.2) is 17.4 Å². The molecule has 4 rings (SSSR count). The maximum Gasteiger partial charge on any atom is 0.256 e. The molecule has 1 amide bonds. The molecule has 0 saturated carbocycles. The maximum absolute atomic E-state index is 13.3. The van der Waals surface area contributed by atoms with Crippen molar-refractivity contribution in [1.82, 2.24) is 4.98 Å². The second-order valence-corrected chi connectivity index (χ2v) is 8.36. The van der Waals surface area contributed by atoms with E-state index < -0.39 is 0 Å². The third-order valence-electron chi connectivity index (χ3n) is 5.62. The summed E-state index contributed by atoms with van der Waals surface area (Å²) in [7, 11) is 0. The fourth-order valence-electron chi connectivity index (χ4n) is 3.73. The minimum Gasteiger partial charge on any atom is -0.385 e. The van der Waals surface area contributed by atoms with E-state index in [2.05, 4.69) is 35.5 Å². The van der Waals surface area contributed by atoms with Crippen molar-refractivity contribution >= 4 is 17.3 Å². The molecule has 0 aliphatic rings. The molecule has 1 aromatic heterocycles. The molecule has 0 fully saturated rings. The van der Waals surface area contributed by atoms with Crippen LogP contribution in [0.25, 0.3) is 11.1 Å². The van der Waals surface area contributed by atoms with Gasteiger partial charge >= 0.3 is 0 Å². The minimum atomic E-state index is -0.104. The number of aromatic nitrogens is 1. The predicted molar refractivity (Wildman–Crippen MR) is 137 cm³/mol. The van der Waals surface area contributed by atoms with Crippen molar-refractivity contribution < 1.29 is 4.79 Å². The minimum absolute atomic E-state index is 0.104. The molecule has 0 radical (unpaired) electrons. The van der Waals surface area contributed by atoms with Crippen molar-refractivity contribution in [3.05, 3.63) is 114 Å². The van der Waals surface area contributed by atoms with Crippen LogP contribution < -0.4 is 10.6 Å². The number of rotatable bonds is 8. The van der Waals surface area contributed by atoms with Gasteiger partial charge in [0.25, 0.3) is 5.91 Å². The molecule has 1 heterocycles. The highest BCUT2D eigenvalue weighted by atomic mass is 16.1. The first-order valence-electron chi connectivity index (χ1n) is 11.3. The third-order valence-corrected chi connectivity index (χ3v) is 5.62. The number of benzene rings is 3. The number of hydrogen-bond acceptors (Lipinski definition) is 3. The number of anilines is 2. The fourth-order valence-corrected chi connectivity index (χ4v) is 3.73. The van der Waals surface area contributed by atoms with Crippen molar-refractivity contribution in [1.29, 1.82) is 0 Å². The summed E-state index contributed by atoms with van der Waals surface area (Å²) in [5.74, 6) is 0.241. The summed E-state index contributed by atoms with van der Waals surface area (Å²) < 4.78 is 0. The molecule has 0 bridgehead atoms. The first-order chi connectivity index (χ1) is 16.1. The second-order valence-electron chi connectivity index (χ2n) is 8.36. The van der Waals surface area contributed by atoms with E-state index in [0.717, 1.165) is 46.7 Å². The molecule has 0 unspecified atom stereocenters. The molecule has 4 aromatic rings. The van der Waals surface area contributed by atoms with Crippen LogP contribution in [-0.2, 0) is 6.42 Å². The van der Waals surface area contributed by atoms with Crippen LogP contribution in [0.4, 0.5) is 11.4 Å². The first-order valence-corrected chi connectivity index (χ1v) is 11.3. The van der Waals surface area contributed by atoms with E-state index in [0.29, 0.717) is 11.5 Å². The molecule has 0 saturated heterocycles. The van der Waals surface area contributed by atoms with E-state index in [1.54, 1.807) is 0 Å². The van der Waals surface area contributed by atoms with Gasteiger partial charge < -0.3 is 10.6 Å². The monoisotopic (exact) mass is 435 g/mol. The Labute approximate surface area is 195 Å². The summed E-state index contributed by atoms with van der Waals surface area (Å²) >= 11 is 0. The van der Waals surface area contributed by atoms with Crippen LogP contribution in [0.15, 0.2) is 97.2 Å². The topological polar surface area (TPSA) is 54.0 Å². The molecule has 4 heteroatoms. The van der Waals surface area contributed by atoms with Gasteiger partial charge in [0, 0.05) is 41.8 Å². The molecule has 33 heavy (non-hydrogen) atoms. The second kappa shape index (κ2) is 10.6. The average molecular weight is 436 g/mol. The van der Waals surface area contributed by atoms with Crippen molar-refractivity contribution in [2.24, 2.45) is 0 Å². The third kappa shape index (κ3) is 5.86. The summed E-state index contributed by atoms with van der Waals surface area (Å²) in [6.07, 6.45) is 2.67. The molecule has 2 N–H and O–H groups in total. The Kier molecular flexibility index (Phi) is 7.16. The summed E-state index contributed by atoms with van der Waals surface area (Å²) in [5, 5.41) is 6.47. The fraction of sp³-hybridized carbons (Fsp3) is 0.172. The van der Waals surface area contributed by atoms with Gasteiger partial charge in [0.1, 0.15) is 0 Å². The van der Waals surface area contributed by atoms with Crippen LogP contribution >= 0.6 is 0 Å². The largest absolute Gasteiger partial charge is 0.385 e. The van der Waals surface area contributed by atoms with Crippen molar-refractivity contribution in [2.45, 2.75) is 26.2 Å². The number of pyridine rings is 1. The lowest BCUT2D eigenvalue weighted by atomic mass is 9.93. The molecule has 0 spiro atoms. The number of amides is 1. The molecule has 0 atom stereocenters. The Morgan fingerprint density at radius 1 is 0.848 bits per heavy atom. The average Bonchev–Trinajstić information content (AvgIpc) is 2.86. The van der Waals surface area contributed by atoms with Gasteiger partial charge in [-0.25, -0.2) is 0 Å². The Morgan fingerprint density at radius 2 is 1.58 bits per heavy atom. The first kappa shape index (κ1) is 22.3. The summed E-state index contributed by atoms with van der Waals surface area (Å²) in [5.41, 5.74) is 6.64. The van der Waals surface area contributed by atoms with Crippen molar-refractivity contribution in [3.8, 4) is 11.1 Å². The van der Waals surface area contributed by atoms with E-state index in [1.807, 2.05) is 91.1 Å². The highest BCUT2D eigenvalue weighted by Gasteiger charge is 2.15. The molecule has 0 aliphatic heterocycles. The zero-order chi connectivity index (χ0) is 23.0. The lowest BCUT2D eigenvalue weighted by molar-refractivity contribution is 0.102. The van der Waals surface area contributed by atoms with Gasteiger partial charge in [0.15, 0.2) is 0 Å². The standard InChI is InChI=1S/C29H29N3O/c1-21(2)23-11-16-27(22-8-4-3-5-9-22)28(20-23)29(33)32-26-14-12-25(13-15-26)31-19-17-24-10-6-7-18-30-24/h3-16,18,20-21,31H,17,19H2,1-2H3,(H,32,33). The lowest BCUT2D eigenvalue weighted by Crippen LogP contribution is -2.14. The van der Waals surface area contributed by atoms with Gasteiger partial charge in [-0.15, -0.1) is 0 Å². The Balaban J connectivity index is 1.46. The summed E-state index contributed by atoms with van der Waals surface area (Å²) in [4.78, 5) is 17.6. The van der Waals surface area contributed by atoms with Gasteiger partial charge in [-0.3, -0.25) is 9.78 Å². The number of carbonyl (C=O) groups is 1. The maximum atomic E-state index is 13.3. The normalized spacial score (nSPS) is 10.8. The predicted octanol–water partition coefficient (Wildman–Crippen LogP) is 6.78. The van der Waals surface area contributed by atoms with Crippen LogP contribution in [0.2, 0.25) is 0 Å². The Bertz CT molecular complexity index is 1190. The Morgan fingerprint density at radius 3 is 2.27 bits per heavy atom. The van der Waals surface area contributed by atoms with Crippen LogP contribution in [0.1, 0.15) is 41.4 Å². The highest BCUT2D eigenvalue weighted by molar-refractivity contribution is 6.09. The number of nitrogens with zero attached hydrogens (tertiary/aromatic N) is 1. The van der Waals surface area contributed by atoms with E-state index in [-0.39, 0.29) is 5.91 Å². The molecular weight excluding hydrogens is 406 g/mol. The van der Waals surface area contributed by atoms with Crippen molar-refractivity contribution in [3.63, 3.8) is 0 Å². The molecule has 4 nitrogen and oxygen atoms in total. The zero-order valence-electron chi connectivity index (χ0n) is 19.1. The number of carbonyl (C=O) groups excluding carboxylic acids is 1. The van der Waals surface area contributed by atoms with Crippen LogP contribution in [0.5, 0.6) is 0 Å². The molecule has 166 valence electrons. The SMILES string of the molecule is CC(C)c1ccc(-c2ccccc2)c(C(=O)Nc2ccc(NCCc3ccccn3)cc2)c1. The van der Waals surface area contributed by atoms with E-state index >= 15 is 0 Å². The lowest BCUT2D eigenvalue weighted by Gasteiger charge is -2.14. The van der Waals surface area contributed by atoms with Crippen molar-refractivity contribution in [2.75, 3.05) is 17.2 Å². The van der Waals surface area contributed by atoms with Gasteiger partial charge in [-0.1, -0.05) is 62.4 Å². The smallest absolute Gasteiger partial charge is 0.256 e. The number of nitrogens with one attached hydrogen (secondary N) is 2. The van der Waals surface area contributed by atoms with E-state index in [1.165, 1.54) is 0 Å². The van der Waals surface area contributed by atoms with E-state index in [9.17, 15) is 4.79 Å².